The van der Waals surface area contributed by atoms with Crippen molar-refractivity contribution in [1.29, 1.82) is 0 Å². The first-order chi connectivity index (χ1) is 14.7. The third kappa shape index (κ3) is 3.75. The second kappa shape index (κ2) is 8.46. The molecule has 3 heterocycles. The quantitative estimate of drug-likeness (QED) is 0.815. The van der Waals surface area contributed by atoms with Crippen LogP contribution in [0.5, 0.6) is 0 Å². The molecule has 1 aliphatic carbocycles. The van der Waals surface area contributed by atoms with Gasteiger partial charge in [0.1, 0.15) is 0 Å². The molecule has 6 nitrogen and oxygen atoms in total. The first-order valence-electron chi connectivity index (χ1n) is 11.2. The topological polar surface area (TPSA) is 60.5 Å². The van der Waals surface area contributed by atoms with Crippen LogP contribution in [-0.2, 0) is 24.2 Å². The van der Waals surface area contributed by atoms with Gasteiger partial charge in [-0.25, -0.2) is 0 Å². The maximum Gasteiger partial charge on any atom is 0.240 e. The zero-order chi connectivity index (χ0) is 20.5. The Balaban J connectivity index is 1.33. The summed E-state index contributed by atoms with van der Waals surface area (Å²) in [6, 6.07) is 11.4. The minimum Gasteiger partial charge on any atom is -0.310 e. The van der Waals surface area contributed by atoms with Crippen LogP contribution in [-0.4, -0.2) is 55.1 Å². The lowest BCUT2D eigenvalue weighted by Gasteiger charge is -2.37. The van der Waals surface area contributed by atoms with Gasteiger partial charge in [0.25, 0.3) is 0 Å². The van der Waals surface area contributed by atoms with Crippen molar-refractivity contribution in [1.82, 2.24) is 20.5 Å². The molecule has 3 aliphatic rings. The summed E-state index contributed by atoms with van der Waals surface area (Å²) in [5.74, 6) is 0.173. The van der Waals surface area contributed by atoms with Crippen molar-refractivity contribution in [2.45, 2.75) is 44.3 Å². The number of benzene rings is 1. The van der Waals surface area contributed by atoms with Crippen molar-refractivity contribution in [2.75, 3.05) is 38.1 Å². The first kappa shape index (κ1) is 19.7. The predicted octanol–water partition coefficient (Wildman–Crippen LogP) is 2.04. The number of hydrogen-bond donors (Lipinski definition) is 2. The highest BCUT2D eigenvalue weighted by atomic mass is 16.2. The van der Waals surface area contributed by atoms with E-state index in [4.69, 9.17) is 4.98 Å². The fraction of sp³-hybridized carbons (Fsp3) is 0.500. The van der Waals surface area contributed by atoms with Crippen LogP contribution in [0.1, 0.15) is 41.3 Å². The van der Waals surface area contributed by atoms with Crippen LogP contribution in [0.4, 0.5) is 5.69 Å². The van der Waals surface area contributed by atoms with Gasteiger partial charge < -0.3 is 15.5 Å². The second-order valence-electron chi connectivity index (χ2n) is 8.81. The fourth-order valence-electron chi connectivity index (χ4n) is 5.33. The fourth-order valence-corrected chi connectivity index (χ4v) is 5.33. The van der Waals surface area contributed by atoms with Gasteiger partial charge in [-0.1, -0.05) is 18.2 Å². The molecule has 0 saturated carbocycles. The molecule has 6 heteroatoms. The Hall–Kier alpha value is -2.28. The van der Waals surface area contributed by atoms with Crippen molar-refractivity contribution in [3.63, 3.8) is 0 Å². The molecule has 2 N–H and O–H groups in total. The lowest BCUT2D eigenvalue weighted by Crippen LogP contribution is -2.49. The van der Waals surface area contributed by atoms with Crippen molar-refractivity contribution in [2.24, 2.45) is 0 Å². The molecular weight excluding hydrogens is 374 g/mol. The summed E-state index contributed by atoms with van der Waals surface area (Å²) in [5.41, 5.74) is 6.43. The molecule has 2 aliphatic heterocycles. The number of pyridine rings is 1. The normalized spacial score (nSPS) is 23.9. The number of anilines is 1. The molecule has 1 saturated heterocycles. The van der Waals surface area contributed by atoms with Crippen LogP contribution >= 0.6 is 0 Å². The lowest BCUT2D eigenvalue weighted by atomic mass is 9.89. The number of nitrogens with one attached hydrogen (secondary N) is 2. The highest BCUT2D eigenvalue weighted by Gasteiger charge is 2.30. The van der Waals surface area contributed by atoms with Crippen molar-refractivity contribution in [3.8, 4) is 0 Å². The number of piperazine rings is 1. The van der Waals surface area contributed by atoms with E-state index in [1.54, 1.807) is 0 Å². The minimum atomic E-state index is 0.173. The van der Waals surface area contributed by atoms with E-state index in [0.717, 1.165) is 44.7 Å². The average molecular weight is 406 g/mol. The van der Waals surface area contributed by atoms with E-state index in [1.807, 2.05) is 11.1 Å². The number of carbonyl (C=O) groups is 1. The van der Waals surface area contributed by atoms with Crippen LogP contribution in [0, 0.1) is 0 Å². The zero-order valence-electron chi connectivity index (χ0n) is 17.7. The molecule has 1 fully saturated rings. The molecule has 0 bridgehead atoms. The Morgan fingerprint density at radius 2 is 2.10 bits per heavy atom. The molecular formula is C24H31N5O. The second-order valence-corrected chi connectivity index (χ2v) is 8.81. The lowest BCUT2D eigenvalue weighted by molar-refractivity contribution is -0.118. The van der Waals surface area contributed by atoms with E-state index >= 15 is 0 Å². The number of amides is 1. The Bertz CT molecular complexity index is 930. The molecule has 0 spiro atoms. The number of likely N-dealkylation sites (N-methyl/N-ethyl adjacent to an activating group) is 1. The third-order valence-electron chi connectivity index (χ3n) is 6.87. The Kier molecular flexibility index (Phi) is 5.54. The highest BCUT2D eigenvalue weighted by molar-refractivity contribution is 5.96. The van der Waals surface area contributed by atoms with Gasteiger partial charge in [0.05, 0.1) is 18.3 Å². The summed E-state index contributed by atoms with van der Waals surface area (Å²) in [5, 5.41) is 6.91. The zero-order valence-corrected chi connectivity index (χ0v) is 17.7. The van der Waals surface area contributed by atoms with Crippen LogP contribution in [0.2, 0.25) is 0 Å². The van der Waals surface area contributed by atoms with Crippen LogP contribution < -0.4 is 15.5 Å². The third-order valence-corrected chi connectivity index (χ3v) is 6.87. The van der Waals surface area contributed by atoms with E-state index < -0.39 is 0 Å². The summed E-state index contributed by atoms with van der Waals surface area (Å²) in [4.78, 5) is 21.7. The van der Waals surface area contributed by atoms with Gasteiger partial charge >= 0.3 is 0 Å². The molecule has 5 rings (SSSR count). The maximum atomic E-state index is 12.5. The van der Waals surface area contributed by atoms with Crippen molar-refractivity contribution in [3.05, 3.63) is 58.9 Å². The molecule has 2 atom stereocenters. The summed E-state index contributed by atoms with van der Waals surface area (Å²) < 4.78 is 0. The molecule has 1 amide bonds. The Labute approximate surface area is 178 Å². The molecule has 1 aromatic heterocycles. The number of aromatic nitrogens is 1. The van der Waals surface area contributed by atoms with E-state index in [1.165, 1.54) is 35.2 Å². The smallest absolute Gasteiger partial charge is 0.240 e. The monoisotopic (exact) mass is 405 g/mol. The standard InChI is InChI=1S/C24H31N5O/c1-28(22-9-2-5-17-7-4-10-26-24(17)22)16-19-13-20-18(14-27-19)6-3-8-21(20)29-12-11-25-15-23(29)30/h3-4,6-8,10,19,22,25,27H,2,5,9,11-16H2,1H3/t19-,22+/m1/s1. The minimum absolute atomic E-state index is 0.173. The predicted molar refractivity (Wildman–Crippen MR) is 119 cm³/mol. The average Bonchev–Trinajstić information content (AvgIpc) is 2.79. The molecule has 2 aromatic rings. The summed E-state index contributed by atoms with van der Waals surface area (Å²) in [6.45, 7) is 3.87. The van der Waals surface area contributed by atoms with Gasteiger partial charge in [0, 0.05) is 44.1 Å². The number of nitrogens with zero attached hydrogens (tertiary/aromatic N) is 3. The molecule has 0 unspecified atom stereocenters. The Morgan fingerprint density at radius 1 is 1.20 bits per heavy atom. The molecule has 0 radical (unpaired) electrons. The molecule has 30 heavy (non-hydrogen) atoms. The SMILES string of the molecule is CN(C[C@H]1Cc2c(cccc2N2CCNCC2=O)CN1)[C@H]1CCCc2cccnc21. The number of hydrogen-bond acceptors (Lipinski definition) is 5. The van der Waals surface area contributed by atoms with Crippen molar-refractivity contribution < 1.29 is 4.79 Å². The molecule has 158 valence electrons. The van der Waals surface area contributed by atoms with Gasteiger partial charge in [0.2, 0.25) is 5.91 Å². The summed E-state index contributed by atoms with van der Waals surface area (Å²) in [7, 11) is 2.23. The van der Waals surface area contributed by atoms with Gasteiger partial charge in [-0.2, -0.15) is 0 Å². The van der Waals surface area contributed by atoms with E-state index in [2.05, 4.69) is 52.9 Å². The van der Waals surface area contributed by atoms with Crippen molar-refractivity contribution >= 4 is 11.6 Å². The van der Waals surface area contributed by atoms with Gasteiger partial charge in [-0.05, 0) is 61.6 Å². The van der Waals surface area contributed by atoms with Crippen LogP contribution in [0.15, 0.2) is 36.5 Å². The first-order valence-corrected chi connectivity index (χ1v) is 11.2. The van der Waals surface area contributed by atoms with Gasteiger partial charge in [-0.15, -0.1) is 0 Å². The van der Waals surface area contributed by atoms with E-state index in [9.17, 15) is 4.79 Å². The largest absolute Gasteiger partial charge is 0.310 e. The maximum absolute atomic E-state index is 12.5. The van der Waals surface area contributed by atoms with E-state index in [-0.39, 0.29) is 5.91 Å². The van der Waals surface area contributed by atoms with Gasteiger partial charge in [0.15, 0.2) is 0 Å². The number of rotatable bonds is 4. The van der Waals surface area contributed by atoms with Crippen LogP contribution in [0.25, 0.3) is 0 Å². The number of fused-ring (bicyclic) bond motifs is 2. The van der Waals surface area contributed by atoms with Crippen LogP contribution in [0.3, 0.4) is 0 Å². The highest BCUT2D eigenvalue weighted by Crippen LogP contribution is 2.33. The number of aryl methyl sites for hydroxylation is 1. The summed E-state index contributed by atoms with van der Waals surface area (Å²) >= 11 is 0. The van der Waals surface area contributed by atoms with E-state index in [0.29, 0.717) is 18.6 Å². The summed E-state index contributed by atoms with van der Waals surface area (Å²) in [6.07, 6.45) is 6.42. The van der Waals surface area contributed by atoms with Gasteiger partial charge in [-0.3, -0.25) is 14.7 Å². The molecule has 1 aromatic carbocycles. The number of carbonyl (C=O) groups excluding carboxylic acids is 1. The Morgan fingerprint density at radius 3 is 3.00 bits per heavy atom.